The minimum Gasteiger partial charge on any atom is -0.500 e. The zero-order valence-corrected chi connectivity index (χ0v) is 31.0. The first-order valence-corrected chi connectivity index (χ1v) is 19.6. The maximum absolute atomic E-state index is 9.26. The molecule has 0 spiro atoms. The van der Waals surface area contributed by atoms with Crippen molar-refractivity contribution in [3.8, 4) is 22.5 Å². The number of benzene rings is 4. The molecule has 3 aromatic heterocycles. The van der Waals surface area contributed by atoms with E-state index in [4.69, 9.17) is 20.1 Å². The molecule has 251 valence electrons. The average Bonchev–Trinajstić information content (AvgIpc) is 3.56. The molecule has 49 heavy (non-hydrogen) atoms. The van der Waals surface area contributed by atoms with E-state index in [9.17, 15) is 1.37 Å². The van der Waals surface area contributed by atoms with Gasteiger partial charge in [-0.25, -0.2) is 0 Å². The third kappa shape index (κ3) is 7.79. The fourth-order valence-electron chi connectivity index (χ4n) is 6.07. The van der Waals surface area contributed by atoms with Gasteiger partial charge in [-0.15, -0.1) is 53.1 Å². The molecule has 0 aliphatic carbocycles. The third-order valence-corrected chi connectivity index (χ3v) is 9.31. The first kappa shape index (κ1) is 25.1. The van der Waals surface area contributed by atoms with Gasteiger partial charge in [0.05, 0.1) is 5.58 Å². The predicted molar refractivity (Wildman–Crippen MR) is 201 cm³/mol. The van der Waals surface area contributed by atoms with E-state index in [2.05, 4.69) is 22.1 Å². The van der Waals surface area contributed by atoms with Crippen LogP contribution in [-0.2, 0) is 30.8 Å². The van der Waals surface area contributed by atoms with Crippen LogP contribution in [0.1, 0.15) is 53.3 Å². The summed E-state index contributed by atoms with van der Waals surface area (Å²) in [6, 6.07) is 32.2. The molecule has 0 N–H and O–H groups in total. The monoisotopic (exact) mass is 848 g/mol. The van der Waals surface area contributed by atoms with Gasteiger partial charge in [0.15, 0.2) is 0 Å². The maximum Gasteiger partial charge on any atom is 0.128 e. The van der Waals surface area contributed by atoms with Crippen molar-refractivity contribution in [1.82, 2.24) is 9.97 Å². The van der Waals surface area contributed by atoms with Crippen molar-refractivity contribution in [2.24, 2.45) is 0 Å². The number of rotatable bonds is 5. The van der Waals surface area contributed by atoms with Crippen LogP contribution >= 0.6 is 0 Å². The molecule has 0 atom stereocenters. The molecule has 4 nitrogen and oxygen atoms in total. The first-order valence-electron chi connectivity index (χ1n) is 20.6. The predicted octanol–water partition coefficient (Wildman–Crippen LogP) is 11.1. The zero-order chi connectivity index (χ0) is 41.0. The number of aromatic nitrogens is 2. The van der Waals surface area contributed by atoms with E-state index in [0.29, 0.717) is 65.2 Å². The van der Waals surface area contributed by atoms with Gasteiger partial charge in [0.1, 0.15) is 5.58 Å². The fraction of sp³-hybridized carbons (Fsp3) is 0.256. The topological polar surface area (TPSA) is 48.2 Å². The molecule has 1 fully saturated rings. The molecule has 8 rings (SSSR count). The number of hydrogen-bond donors (Lipinski definition) is 0. The van der Waals surface area contributed by atoms with Crippen molar-refractivity contribution in [3.63, 3.8) is 0 Å². The molecule has 1 aliphatic heterocycles. The van der Waals surface area contributed by atoms with Crippen LogP contribution in [0.3, 0.4) is 0 Å². The second kappa shape index (κ2) is 14.9. The molecule has 4 heterocycles. The third-order valence-electron chi connectivity index (χ3n) is 8.29. The molecule has 1 saturated heterocycles. The summed E-state index contributed by atoms with van der Waals surface area (Å²) in [6.07, 6.45) is 3.78. The van der Waals surface area contributed by atoms with Gasteiger partial charge in [0, 0.05) is 76.9 Å². The summed E-state index contributed by atoms with van der Waals surface area (Å²) in [4.78, 5) is 8.76. The minimum atomic E-state index is -2.44. The van der Waals surface area contributed by atoms with Gasteiger partial charge in [-0.2, -0.15) is 0 Å². The number of hydrogen-bond acceptors (Lipinski definition) is 4. The van der Waals surface area contributed by atoms with Crippen molar-refractivity contribution in [2.75, 3.05) is 13.2 Å². The quantitative estimate of drug-likeness (QED) is 0.128. The van der Waals surface area contributed by atoms with Gasteiger partial charge in [0.25, 0.3) is 0 Å². The molecule has 4 aromatic carbocycles. The van der Waals surface area contributed by atoms with E-state index in [-0.39, 0.29) is 25.7 Å². The summed E-state index contributed by atoms with van der Waals surface area (Å²) in [5, 5.41) is 3.59. The summed E-state index contributed by atoms with van der Waals surface area (Å²) in [5.41, 5.74) is 4.84. The molecule has 0 unspecified atom stereocenters. The van der Waals surface area contributed by atoms with E-state index in [1.165, 1.54) is 12.3 Å². The molecular formula is C43H42IrN2O2Si-2. The summed E-state index contributed by atoms with van der Waals surface area (Å²) in [6.45, 7) is 2.20. The normalized spacial score (nSPS) is 17.8. The molecule has 7 aromatic rings. The molecule has 1 radical (unpaired) electrons. The van der Waals surface area contributed by atoms with E-state index in [1.54, 1.807) is 24.4 Å². The van der Waals surface area contributed by atoms with Crippen LogP contribution in [0.15, 0.2) is 102 Å². The number of ether oxygens (including phenoxy) is 1. The first-order chi connectivity index (χ1) is 26.8. The van der Waals surface area contributed by atoms with Gasteiger partial charge in [-0.05, 0) is 65.6 Å². The van der Waals surface area contributed by atoms with Crippen molar-refractivity contribution in [1.29, 1.82) is 0 Å². The van der Waals surface area contributed by atoms with E-state index < -0.39 is 33.7 Å². The number of furan rings is 1. The zero-order valence-electron chi connectivity index (χ0n) is 36.6. The Morgan fingerprint density at radius 2 is 1.71 bits per heavy atom. The van der Waals surface area contributed by atoms with Crippen LogP contribution < -0.4 is 0 Å². The molecule has 1 aliphatic rings. The SMILES string of the molecule is [2H]C([2H])([2H])c1c[c-]c(-c2ccccn2)cc1.[2H]C([2H])([2H])c1cnc(-c2[c-]c(C([2H])([2H])[Si](C)(C)C)cc3c2oc2c4ccccc4ccc32)cc1C1([2H])CCOCC1.[Ir]. The Bertz CT molecular complexity index is 2560. The average molecular weight is 848 g/mol. The molecular weight excluding hydrogens is 797 g/mol. The van der Waals surface area contributed by atoms with E-state index in [1.807, 2.05) is 80.3 Å². The number of pyridine rings is 2. The van der Waals surface area contributed by atoms with Gasteiger partial charge in [-0.3, -0.25) is 0 Å². The molecule has 0 saturated carbocycles. The summed E-state index contributed by atoms with van der Waals surface area (Å²) < 4.78 is 85.8. The number of aryl methyl sites for hydroxylation is 2. The van der Waals surface area contributed by atoms with Crippen LogP contribution in [0.2, 0.25) is 19.6 Å². The second-order valence-corrected chi connectivity index (χ2v) is 17.7. The minimum absolute atomic E-state index is 0. The Labute approximate surface area is 317 Å². The maximum atomic E-state index is 9.26. The van der Waals surface area contributed by atoms with Crippen molar-refractivity contribution in [2.45, 2.75) is 58.1 Å². The van der Waals surface area contributed by atoms with Crippen LogP contribution in [0.4, 0.5) is 0 Å². The van der Waals surface area contributed by atoms with Crippen LogP contribution in [0.5, 0.6) is 0 Å². The largest absolute Gasteiger partial charge is 0.500 e. The van der Waals surface area contributed by atoms with Gasteiger partial charge < -0.3 is 19.1 Å². The van der Waals surface area contributed by atoms with Crippen LogP contribution in [0, 0.1) is 25.8 Å². The van der Waals surface area contributed by atoms with Crippen LogP contribution in [-0.4, -0.2) is 31.3 Å². The summed E-state index contributed by atoms with van der Waals surface area (Å²) in [5.74, 6) is -2.76. The Morgan fingerprint density at radius 1 is 0.878 bits per heavy atom. The van der Waals surface area contributed by atoms with Crippen LogP contribution in [0.25, 0.3) is 55.2 Å². The smallest absolute Gasteiger partial charge is 0.128 e. The van der Waals surface area contributed by atoms with Gasteiger partial charge >= 0.3 is 0 Å². The summed E-state index contributed by atoms with van der Waals surface area (Å²) in [7, 11) is -2.38. The molecule has 6 heteroatoms. The standard InChI is InChI=1S/C31H32NO2Si.C12H10N.Ir/c1-20-18-32-29(17-26(20)23-11-13-33-14-12-23)28-16-21(19-35(2,3)4)15-27-25-10-9-22-7-5-6-8-24(22)30(25)34-31(27)28;1-10-5-7-11(8-6-10)12-4-2-3-9-13-12;/h5-10,15,17-18,23H,11-14,19H2,1-4H3;2-7,9H,1H3;/q2*-1;/i1D3,19D2,23D;1D3;. The van der Waals surface area contributed by atoms with Gasteiger partial charge in [-0.1, -0.05) is 92.0 Å². The second-order valence-electron chi connectivity index (χ2n) is 13.0. The summed E-state index contributed by atoms with van der Waals surface area (Å²) >= 11 is 0. The number of fused-ring (bicyclic) bond motifs is 5. The molecule has 0 bridgehead atoms. The van der Waals surface area contributed by atoms with Crippen molar-refractivity contribution >= 4 is 40.8 Å². The van der Waals surface area contributed by atoms with E-state index in [0.717, 1.165) is 32.8 Å². The molecule has 0 amide bonds. The Morgan fingerprint density at radius 3 is 2.45 bits per heavy atom. The van der Waals surface area contributed by atoms with E-state index >= 15 is 0 Å². The Hall–Kier alpha value is -3.93. The fourth-order valence-corrected chi connectivity index (χ4v) is 7.02. The Balaban J connectivity index is 0.000000280. The Kier molecular flexibility index (Phi) is 7.63. The number of nitrogens with zero attached hydrogens (tertiary/aromatic N) is 2. The van der Waals surface area contributed by atoms with Crippen molar-refractivity contribution < 1.29 is 41.6 Å². The van der Waals surface area contributed by atoms with Crippen molar-refractivity contribution in [3.05, 3.63) is 132 Å². The van der Waals surface area contributed by atoms with Gasteiger partial charge in [0.2, 0.25) is 0 Å².